The molecule has 0 spiro atoms. The van der Waals surface area contributed by atoms with Gasteiger partial charge in [-0.2, -0.15) is 0 Å². The number of halogens is 1. The van der Waals surface area contributed by atoms with E-state index < -0.39 is 19.2 Å². The van der Waals surface area contributed by atoms with Crippen molar-refractivity contribution in [3.8, 4) is 0 Å². The molecule has 12 heteroatoms. The van der Waals surface area contributed by atoms with Crippen LogP contribution in [-0.4, -0.2) is 62.1 Å². The van der Waals surface area contributed by atoms with Crippen LogP contribution in [0.25, 0.3) is 0 Å². The summed E-state index contributed by atoms with van der Waals surface area (Å²) in [5.41, 5.74) is 5.54. The van der Waals surface area contributed by atoms with Crippen molar-refractivity contribution in [3.63, 3.8) is 0 Å². The summed E-state index contributed by atoms with van der Waals surface area (Å²) in [5.74, 6) is -2.21. The van der Waals surface area contributed by atoms with Crippen LogP contribution in [0.3, 0.4) is 0 Å². The van der Waals surface area contributed by atoms with Crippen molar-refractivity contribution in [1.82, 2.24) is 4.90 Å². The number of hydrogen-bond acceptors (Lipinski definition) is 9. The third-order valence-corrected chi connectivity index (χ3v) is 4.80. The van der Waals surface area contributed by atoms with Crippen molar-refractivity contribution >= 4 is 42.2 Å². The minimum absolute atomic E-state index is 0.0146. The van der Waals surface area contributed by atoms with E-state index in [-0.39, 0.29) is 38.0 Å². The molecule has 0 fully saturated rings. The number of nitrogens with two attached hydrogens (primary N) is 1. The molecule has 0 saturated carbocycles. The molecule has 1 aliphatic rings. The van der Waals surface area contributed by atoms with E-state index >= 15 is 0 Å². The Bertz CT molecular complexity index is 566. The summed E-state index contributed by atoms with van der Waals surface area (Å²) in [4.78, 5) is 47.1. The second-order valence-corrected chi connectivity index (χ2v) is 8.70. The van der Waals surface area contributed by atoms with Gasteiger partial charge in [-0.1, -0.05) is 0 Å². The summed E-state index contributed by atoms with van der Waals surface area (Å²) < 4.78 is 19.3. The zero-order chi connectivity index (χ0) is 20.3. The van der Waals surface area contributed by atoms with Crippen LogP contribution in [-0.2, 0) is 37.7 Å². The van der Waals surface area contributed by atoms with E-state index in [1.807, 2.05) is 0 Å². The van der Waals surface area contributed by atoms with Gasteiger partial charge in [0.15, 0.2) is 0 Å². The van der Waals surface area contributed by atoms with E-state index in [1.54, 1.807) is 0 Å². The van der Waals surface area contributed by atoms with Crippen LogP contribution in [0.15, 0.2) is 12.2 Å². The molecule has 0 aromatic rings. The third kappa shape index (κ3) is 9.78. The van der Waals surface area contributed by atoms with Crippen LogP contribution in [0.4, 0.5) is 0 Å². The Kier molecular flexibility index (Phi) is 10.4. The molecule has 10 nitrogen and oxygen atoms in total. The maximum absolute atomic E-state index is 11.7. The molecular formula is C15H24ClN2O8P. The number of rotatable bonds is 13. The van der Waals surface area contributed by atoms with E-state index in [9.17, 15) is 19.2 Å². The number of unbranched alkanes of at least 4 members (excludes halogenated alkanes) is 2. The van der Waals surface area contributed by atoms with Crippen molar-refractivity contribution in [1.29, 1.82) is 0 Å². The fourth-order valence-electron chi connectivity index (χ4n) is 2.08. The Morgan fingerprint density at radius 2 is 1.70 bits per heavy atom. The van der Waals surface area contributed by atoms with Gasteiger partial charge in [-0.05, 0) is 0 Å². The van der Waals surface area contributed by atoms with Crippen LogP contribution in [0.2, 0.25) is 0 Å². The standard InChI is InChI=1S/C15H24ClN2O8P/c1-23-9-10-24-11-15(22)26-27(16,17)25-14(21)5-3-2-4-8-18-12(19)6-7-13(18)20/h6-7,27H,2-5,8-11,17H2,1H3. The van der Waals surface area contributed by atoms with Crippen molar-refractivity contribution < 1.29 is 37.7 Å². The first kappa shape index (κ1) is 23.5. The molecule has 0 unspecified atom stereocenters. The Morgan fingerprint density at radius 1 is 1.07 bits per heavy atom. The van der Waals surface area contributed by atoms with E-state index in [0.29, 0.717) is 25.9 Å². The number of methoxy groups -OCH3 is 1. The molecular weight excluding hydrogens is 403 g/mol. The number of nitrogens with zero attached hydrogens (tertiary/aromatic N) is 1. The van der Waals surface area contributed by atoms with Crippen LogP contribution in [0, 0.1) is 0 Å². The van der Waals surface area contributed by atoms with Crippen molar-refractivity contribution in [2.24, 2.45) is 5.50 Å². The van der Waals surface area contributed by atoms with Crippen LogP contribution < -0.4 is 5.50 Å². The van der Waals surface area contributed by atoms with Gasteiger partial charge in [0.25, 0.3) is 0 Å². The number of hydrogen-bond donors (Lipinski definition) is 1. The molecule has 0 atom stereocenters. The fourth-order valence-corrected chi connectivity index (χ4v) is 3.42. The Morgan fingerprint density at radius 3 is 2.33 bits per heavy atom. The molecule has 1 rings (SSSR count). The minimum atomic E-state index is -3.95. The molecule has 0 radical (unpaired) electrons. The first-order chi connectivity index (χ1) is 12.7. The molecule has 0 aromatic carbocycles. The molecule has 0 saturated heterocycles. The Hall–Kier alpha value is -1.58. The van der Waals surface area contributed by atoms with Crippen LogP contribution >= 0.6 is 18.5 Å². The zero-order valence-electron chi connectivity index (χ0n) is 15.0. The molecule has 0 bridgehead atoms. The van der Waals surface area contributed by atoms with Crippen molar-refractivity contribution in [2.45, 2.75) is 25.7 Å². The van der Waals surface area contributed by atoms with Gasteiger partial charge in [-0.25, -0.2) is 0 Å². The van der Waals surface area contributed by atoms with Crippen molar-refractivity contribution in [3.05, 3.63) is 12.2 Å². The maximum atomic E-state index is 11.7. The van der Waals surface area contributed by atoms with Gasteiger partial charge in [0.1, 0.15) is 0 Å². The molecule has 2 N–H and O–H groups in total. The quantitative estimate of drug-likeness (QED) is 0.258. The molecule has 1 aliphatic heterocycles. The van der Waals surface area contributed by atoms with Gasteiger partial charge in [0, 0.05) is 0 Å². The van der Waals surface area contributed by atoms with Crippen molar-refractivity contribution in [2.75, 3.05) is 33.5 Å². The molecule has 0 aliphatic carbocycles. The number of imide groups is 1. The average molecular weight is 427 g/mol. The summed E-state index contributed by atoms with van der Waals surface area (Å²) >= 11 is 5.79. The monoisotopic (exact) mass is 426 g/mol. The first-order valence-electron chi connectivity index (χ1n) is 8.27. The Balaban J connectivity index is 2.16. The molecule has 2 amide bonds. The van der Waals surface area contributed by atoms with Crippen LogP contribution in [0.5, 0.6) is 0 Å². The van der Waals surface area contributed by atoms with Gasteiger partial charge in [-0.15, -0.1) is 0 Å². The predicted molar refractivity (Wildman–Crippen MR) is 97.6 cm³/mol. The number of ether oxygens (including phenoxy) is 2. The topological polar surface area (TPSA) is 134 Å². The summed E-state index contributed by atoms with van der Waals surface area (Å²) in [6, 6.07) is 0. The Labute approximate surface area is 162 Å². The second-order valence-electron chi connectivity index (χ2n) is 5.55. The van der Waals surface area contributed by atoms with Gasteiger partial charge in [0.05, 0.1) is 0 Å². The van der Waals surface area contributed by atoms with E-state index in [2.05, 4.69) is 0 Å². The van der Waals surface area contributed by atoms with E-state index in [4.69, 9.17) is 35.3 Å². The fraction of sp³-hybridized carbons (Fsp3) is 0.600. The van der Waals surface area contributed by atoms with E-state index in [1.165, 1.54) is 19.3 Å². The average Bonchev–Trinajstić information content (AvgIpc) is 2.89. The van der Waals surface area contributed by atoms with Gasteiger partial charge < -0.3 is 0 Å². The van der Waals surface area contributed by atoms with Gasteiger partial charge in [-0.3, -0.25) is 0 Å². The van der Waals surface area contributed by atoms with Gasteiger partial charge in [0.2, 0.25) is 0 Å². The number of amides is 2. The molecule has 27 heavy (non-hydrogen) atoms. The molecule has 154 valence electrons. The molecule has 0 aromatic heterocycles. The van der Waals surface area contributed by atoms with Gasteiger partial charge >= 0.3 is 162 Å². The summed E-state index contributed by atoms with van der Waals surface area (Å²) in [7, 11) is -2.46. The SMILES string of the molecule is COCCOCC(=O)O[PH](N)(Cl)OC(=O)CCCCCN1C(=O)C=CC1=O. The third-order valence-electron chi connectivity index (χ3n) is 3.32. The normalized spacial score (nSPS) is 14.6. The summed E-state index contributed by atoms with van der Waals surface area (Å²) in [6.07, 6.45) is 4.02. The van der Waals surface area contributed by atoms with Crippen LogP contribution in [0.1, 0.15) is 25.7 Å². The van der Waals surface area contributed by atoms with E-state index in [0.717, 1.165) is 4.90 Å². The zero-order valence-corrected chi connectivity index (χ0v) is 16.7. The summed E-state index contributed by atoms with van der Waals surface area (Å²) in [6.45, 7) is 0.399. The second kappa shape index (κ2) is 12.0. The number of carbonyl (C=O) groups excluding carboxylic acids is 4. The molecule has 1 heterocycles. The first-order valence-corrected chi connectivity index (χ1v) is 11.2. The number of carbonyl (C=O) groups is 4. The predicted octanol–water partition coefficient (Wildman–Crippen LogP) is 0.829. The summed E-state index contributed by atoms with van der Waals surface area (Å²) in [5, 5.41) is 0.